The predicted octanol–water partition coefficient (Wildman–Crippen LogP) is 8.74. The smallest absolute Gasteiger partial charge is 0.380 e. The van der Waals surface area contributed by atoms with E-state index in [1.54, 1.807) is 0 Å². The molecule has 0 unspecified atom stereocenters. The van der Waals surface area contributed by atoms with Crippen LogP contribution in [0.4, 0.5) is 26.3 Å². The Morgan fingerprint density at radius 2 is 1.19 bits per heavy atom. The van der Waals surface area contributed by atoms with E-state index in [-0.39, 0.29) is 50.1 Å². The molecule has 42 heavy (non-hydrogen) atoms. The fourth-order valence-electron chi connectivity index (χ4n) is 5.35. The molecule has 0 radical (unpaired) electrons. The normalized spacial score (nSPS) is 17.0. The molecule has 0 fully saturated rings. The molecule has 1 aliphatic carbocycles. The molecule has 2 heterocycles. The lowest BCUT2D eigenvalue weighted by atomic mass is 9.90. The summed E-state index contributed by atoms with van der Waals surface area (Å²) in [5, 5.41) is 18.2. The maximum atomic E-state index is 16.0. The third kappa shape index (κ3) is 3.50. The molecule has 0 spiro atoms. The second-order valence-electron chi connectivity index (χ2n) is 9.69. The van der Waals surface area contributed by atoms with Gasteiger partial charge < -0.3 is 13.6 Å². The largest absolute Gasteiger partial charge is 0.497 e. The maximum absolute atomic E-state index is 16.0. The van der Waals surface area contributed by atoms with E-state index in [2.05, 4.69) is 0 Å². The standard InChI is InChI=1S/C31H16F6N2O3/c1-15-24(20-9-3-16(13-38)11-22(20)41-15)26-27(30(34,35)31(36,37)29(26,32)33)25-21-10-4-17(14-39)12-23(21)42-28(25)18-5-7-19(40-2)8-6-18/h3-12H,1-2H3. The SMILES string of the molecule is COc1ccc(-c2oc3cc(C#N)ccc3c2C2=C(c3c(C)oc4cc(C#N)ccc34)C(F)(F)C(F)(F)C2(F)F)cc1. The maximum Gasteiger partial charge on any atom is 0.380 e. The number of nitrogens with zero attached hydrogens (tertiary/aromatic N) is 2. The lowest BCUT2D eigenvalue weighted by Gasteiger charge is -2.25. The molecule has 0 saturated carbocycles. The molecule has 1 aliphatic rings. The lowest BCUT2D eigenvalue weighted by molar-refractivity contribution is -0.254. The molecule has 0 amide bonds. The van der Waals surface area contributed by atoms with Crippen LogP contribution in [-0.2, 0) is 0 Å². The van der Waals surface area contributed by atoms with Crippen molar-refractivity contribution in [1.82, 2.24) is 0 Å². The van der Waals surface area contributed by atoms with E-state index in [4.69, 9.17) is 13.6 Å². The number of hydrogen-bond acceptors (Lipinski definition) is 5. The number of hydrogen-bond donors (Lipinski definition) is 0. The minimum atomic E-state index is -5.85. The Morgan fingerprint density at radius 3 is 1.71 bits per heavy atom. The fourth-order valence-corrected chi connectivity index (χ4v) is 5.35. The first kappa shape index (κ1) is 27.0. The van der Waals surface area contributed by atoms with Gasteiger partial charge in [0.2, 0.25) is 0 Å². The van der Waals surface area contributed by atoms with E-state index in [0.29, 0.717) is 5.75 Å². The summed E-state index contributed by atoms with van der Waals surface area (Å²) in [5.74, 6) is -16.9. The molecular formula is C31H16F6N2O3. The molecule has 5 aromatic rings. The summed E-state index contributed by atoms with van der Waals surface area (Å²) in [6.45, 7) is 1.19. The van der Waals surface area contributed by atoms with Gasteiger partial charge in [0.25, 0.3) is 0 Å². The summed E-state index contributed by atoms with van der Waals surface area (Å²) < 4.78 is 111. The summed E-state index contributed by atoms with van der Waals surface area (Å²) >= 11 is 0. The molecule has 0 N–H and O–H groups in total. The number of aryl methyl sites for hydroxylation is 1. The third-order valence-electron chi connectivity index (χ3n) is 7.33. The van der Waals surface area contributed by atoms with Crippen molar-refractivity contribution in [2.24, 2.45) is 0 Å². The number of furan rings is 2. The van der Waals surface area contributed by atoms with Crippen LogP contribution < -0.4 is 4.74 Å². The Kier molecular flexibility index (Phi) is 5.74. The molecule has 210 valence electrons. The van der Waals surface area contributed by atoms with Crippen LogP contribution in [0, 0.1) is 29.6 Å². The monoisotopic (exact) mass is 578 g/mol. The molecule has 0 aliphatic heterocycles. The predicted molar refractivity (Wildman–Crippen MR) is 140 cm³/mol. The topological polar surface area (TPSA) is 83.1 Å². The van der Waals surface area contributed by atoms with Gasteiger partial charge in [0.05, 0.1) is 30.4 Å². The molecule has 0 saturated heterocycles. The first-order valence-electron chi connectivity index (χ1n) is 12.3. The van der Waals surface area contributed by atoms with Crippen LogP contribution in [0.5, 0.6) is 5.75 Å². The minimum absolute atomic E-state index is 0.0668. The van der Waals surface area contributed by atoms with Crippen LogP contribution in [0.3, 0.4) is 0 Å². The van der Waals surface area contributed by atoms with Crippen molar-refractivity contribution < 1.29 is 39.9 Å². The van der Waals surface area contributed by atoms with Crippen molar-refractivity contribution >= 4 is 33.1 Å². The Hall–Kier alpha value is -5.16. The number of nitriles is 2. The Labute approximate surface area is 233 Å². The van der Waals surface area contributed by atoms with Crippen molar-refractivity contribution in [3.05, 3.63) is 88.7 Å². The lowest BCUT2D eigenvalue weighted by Crippen LogP contribution is -2.48. The van der Waals surface area contributed by atoms with Crippen molar-refractivity contribution in [2.75, 3.05) is 7.11 Å². The Morgan fingerprint density at radius 1 is 0.690 bits per heavy atom. The molecular weight excluding hydrogens is 562 g/mol. The summed E-state index contributed by atoms with van der Waals surface area (Å²) in [6, 6.07) is 16.7. The summed E-state index contributed by atoms with van der Waals surface area (Å²) in [6.07, 6.45) is 0. The van der Waals surface area contributed by atoms with Crippen LogP contribution in [0.15, 0.2) is 69.5 Å². The molecule has 3 aromatic carbocycles. The van der Waals surface area contributed by atoms with E-state index in [0.717, 1.165) is 0 Å². The highest BCUT2D eigenvalue weighted by Crippen LogP contribution is 2.67. The number of alkyl halides is 6. The zero-order valence-electron chi connectivity index (χ0n) is 21.7. The van der Waals surface area contributed by atoms with Gasteiger partial charge >= 0.3 is 17.8 Å². The zero-order chi connectivity index (χ0) is 30.2. The average molecular weight is 578 g/mol. The highest BCUT2D eigenvalue weighted by Gasteiger charge is 2.81. The van der Waals surface area contributed by atoms with Crippen molar-refractivity contribution in [3.63, 3.8) is 0 Å². The summed E-state index contributed by atoms with van der Waals surface area (Å²) in [4.78, 5) is 0. The van der Waals surface area contributed by atoms with Gasteiger partial charge in [-0.2, -0.15) is 36.9 Å². The van der Waals surface area contributed by atoms with Crippen LogP contribution >= 0.6 is 0 Å². The van der Waals surface area contributed by atoms with Crippen molar-refractivity contribution in [3.8, 4) is 29.2 Å². The number of fused-ring (bicyclic) bond motifs is 2. The highest BCUT2D eigenvalue weighted by atomic mass is 19.3. The van der Waals surface area contributed by atoms with E-state index >= 15 is 26.3 Å². The van der Waals surface area contributed by atoms with Gasteiger partial charge in [0.1, 0.15) is 28.4 Å². The molecule has 6 rings (SSSR count). The van der Waals surface area contributed by atoms with E-state index in [1.807, 2.05) is 12.1 Å². The molecule has 5 nitrogen and oxygen atoms in total. The fraction of sp³-hybridized carbons (Fsp3) is 0.161. The van der Waals surface area contributed by atoms with Gasteiger partial charge in [-0.15, -0.1) is 0 Å². The van der Waals surface area contributed by atoms with E-state index in [1.165, 1.54) is 74.7 Å². The Balaban J connectivity index is 1.80. The van der Waals surface area contributed by atoms with Crippen molar-refractivity contribution in [2.45, 2.75) is 24.7 Å². The van der Waals surface area contributed by atoms with Crippen molar-refractivity contribution in [1.29, 1.82) is 10.5 Å². The van der Waals surface area contributed by atoms with Gasteiger partial charge in [-0.3, -0.25) is 0 Å². The number of benzene rings is 3. The van der Waals surface area contributed by atoms with Gasteiger partial charge in [0, 0.05) is 38.6 Å². The van der Waals surface area contributed by atoms with Gasteiger partial charge in [-0.1, -0.05) is 0 Å². The summed E-state index contributed by atoms with van der Waals surface area (Å²) in [7, 11) is 1.39. The number of halogens is 6. The minimum Gasteiger partial charge on any atom is -0.497 e. The molecule has 0 bridgehead atoms. The van der Waals surface area contributed by atoms with Gasteiger partial charge in [-0.05, 0) is 67.6 Å². The van der Waals surface area contributed by atoms with E-state index < -0.39 is 40.0 Å². The van der Waals surface area contributed by atoms with Gasteiger partial charge in [0.15, 0.2) is 0 Å². The van der Waals surface area contributed by atoms with Gasteiger partial charge in [-0.25, -0.2) is 0 Å². The second-order valence-corrected chi connectivity index (χ2v) is 9.69. The molecule has 0 atom stereocenters. The Bertz CT molecular complexity index is 2040. The summed E-state index contributed by atoms with van der Waals surface area (Å²) in [5.41, 5.74) is -4.60. The highest BCUT2D eigenvalue weighted by molar-refractivity contribution is 6.13. The number of ether oxygens (including phenoxy) is 1. The number of rotatable bonds is 4. The number of allylic oxidation sites excluding steroid dienone is 2. The van der Waals surface area contributed by atoms with Crippen LogP contribution in [-0.4, -0.2) is 24.9 Å². The first-order chi connectivity index (χ1) is 19.9. The molecule has 11 heteroatoms. The quantitative estimate of drug-likeness (QED) is 0.199. The average Bonchev–Trinajstić information content (AvgIpc) is 3.53. The second kappa shape index (κ2) is 8.92. The van der Waals surface area contributed by atoms with Crippen LogP contribution in [0.1, 0.15) is 28.0 Å². The third-order valence-corrected chi connectivity index (χ3v) is 7.33. The zero-order valence-corrected chi connectivity index (χ0v) is 21.7. The van der Waals surface area contributed by atoms with E-state index in [9.17, 15) is 10.5 Å². The van der Waals surface area contributed by atoms with Crippen LogP contribution in [0.25, 0.3) is 44.4 Å². The number of methoxy groups -OCH3 is 1. The first-order valence-corrected chi connectivity index (χ1v) is 12.3. The van der Waals surface area contributed by atoms with Crippen LogP contribution in [0.2, 0.25) is 0 Å². The molecule has 2 aromatic heterocycles.